The van der Waals surface area contributed by atoms with Crippen LogP contribution >= 0.6 is 0 Å². The smallest absolute Gasteiger partial charge is 0.265 e. The highest BCUT2D eigenvalue weighted by molar-refractivity contribution is 5.65. The number of aromatic nitrogens is 1. The topological polar surface area (TPSA) is 63.0 Å². The summed E-state index contributed by atoms with van der Waals surface area (Å²) in [6, 6.07) is 3.61. The van der Waals surface area contributed by atoms with Crippen LogP contribution in [0.4, 0.5) is 0 Å². The molecule has 0 aliphatic rings. The fraction of sp³-hybridized carbons (Fsp3) is 0.143. The van der Waals surface area contributed by atoms with Gasteiger partial charge in [-0.25, -0.2) is 0 Å². The number of fused-ring (bicyclic) bond motifs is 1. The van der Waals surface area contributed by atoms with Crippen LogP contribution in [-0.4, -0.2) is 4.98 Å². The van der Waals surface area contributed by atoms with E-state index < -0.39 is 0 Å². The largest absolute Gasteiger partial charge is 0.444 e. The van der Waals surface area contributed by atoms with Crippen LogP contribution in [0.5, 0.6) is 0 Å². The van der Waals surface area contributed by atoms with Crippen molar-refractivity contribution >= 4 is 11.3 Å². The predicted octanol–water partition coefficient (Wildman–Crippen LogP) is 1.49. The van der Waals surface area contributed by atoms with Gasteiger partial charge in [-0.3, -0.25) is 0 Å². The Labute approximate surface area is 62.0 Å². The lowest BCUT2D eigenvalue weighted by Crippen LogP contribution is -1.77. The molecule has 0 amide bonds. The van der Waals surface area contributed by atoms with Crippen molar-refractivity contribution < 1.29 is 8.83 Å². The van der Waals surface area contributed by atoms with Crippen LogP contribution in [0, 0.1) is 11.3 Å². The van der Waals surface area contributed by atoms with E-state index in [1.165, 1.54) is 6.26 Å². The Morgan fingerprint density at radius 3 is 3.27 bits per heavy atom. The Kier molecular flexibility index (Phi) is 1.16. The van der Waals surface area contributed by atoms with Gasteiger partial charge in [0, 0.05) is 6.07 Å². The minimum Gasteiger partial charge on any atom is -0.444 e. The quantitative estimate of drug-likeness (QED) is 0.614. The Morgan fingerprint density at radius 2 is 2.55 bits per heavy atom. The third kappa shape index (κ3) is 0.867. The molecule has 0 fully saturated rings. The molecule has 0 unspecified atom stereocenters. The minimum absolute atomic E-state index is 0.185. The van der Waals surface area contributed by atoms with Crippen LogP contribution in [0.15, 0.2) is 21.2 Å². The molecular formula is C7H4N2O2. The standard InChI is InChI=1S/C7H4N2O2/c8-3-1-6-9-7-5(11-6)2-4-10-7/h2,4H,1H2. The summed E-state index contributed by atoms with van der Waals surface area (Å²) in [5.74, 6) is 0.404. The highest BCUT2D eigenvalue weighted by atomic mass is 16.4. The molecule has 0 spiro atoms. The number of furan rings is 1. The second kappa shape index (κ2) is 2.13. The van der Waals surface area contributed by atoms with E-state index in [1.54, 1.807) is 6.07 Å². The van der Waals surface area contributed by atoms with E-state index in [0.29, 0.717) is 17.2 Å². The first-order valence-electron chi connectivity index (χ1n) is 3.10. The first-order valence-corrected chi connectivity index (χ1v) is 3.10. The molecule has 0 radical (unpaired) electrons. The van der Waals surface area contributed by atoms with Gasteiger partial charge >= 0.3 is 0 Å². The molecule has 4 nitrogen and oxygen atoms in total. The Bertz CT molecular complexity index is 379. The molecule has 4 heteroatoms. The Balaban J connectivity index is 2.52. The summed E-state index contributed by atoms with van der Waals surface area (Å²) in [6.07, 6.45) is 1.68. The molecule has 54 valence electrons. The van der Waals surface area contributed by atoms with Crippen molar-refractivity contribution in [1.29, 1.82) is 5.26 Å². The van der Waals surface area contributed by atoms with Gasteiger partial charge in [0.25, 0.3) is 5.71 Å². The van der Waals surface area contributed by atoms with Gasteiger partial charge in [0.2, 0.25) is 5.89 Å². The summed E-state index contributed by atoms with van der Waals surface area (Å²) in [7, 11) is 0. The van der Waals surface area contributed by atoms with Gasteiger partial charge in [-0.1, -0.05) is 0 Å². The molecule has 0 bridgehead atoms. The third-order valence-corrected chi connectivity index (χ3v) is 1.29. The van der Waals surface area contributed by atoms with E-state index in [4.69, 9.17) is 14.1 Å². The summed E-state index contributed by atoms with van der Waals surface area (Å²) in [4.78, 5) is 3.91. The van der Waals surface area contributed by atoms with Crippen LogP contribution in [0.3, 0.4) is 0 Å². The van der Waals surface area contributed by atoms with Gasteiger partial charge < -0.3 is 8.83 Å². The molecule has 11 heavy (non-hydrogen) atoms. The molecule has 2 heterocycles. The van der Waals surface area contributed by atoms with E-state index >= 15 is 0 Å². The third-order valence-electron chi connectivity index (χ3n) is 1.29. The van der Waals surface area contributed by atoms with E-state index in [9.17, 15) is 0 Å². The molecule has 2 rings (SSSR count). The lowest BCUT2D eigenvalue weighted by atomic mass is 10.5. The first-order chi connectivity index (χ1) is 5.40. The summed E-state index contributed by atoms with van der Waals surface area (Å²) < 4.78 is 10.1. The van der Waals surface area contributed by atoms with Crippen molar-refractivity contribution in [3.63, 3.8) is 0 Å². The van der Waals surface area contributed by atoms with Crippen LogP contribution < -0.4 is 0 Å². The molecular weight excluding hydrogens is 144 g/mol. The predicted molar refractivity (Wildman–Crippen MR) is 35.6 cm³/mol. The van der Waals surface area contributed by atoms with Crippen molar-refractivity contribution in [3.05, 3.63) is 18.2 Å². The number of hydrogen-bond donors (Lipinski definition) is 0. The fourth-order valence-electron chi connectivity index (χ4n) is 0.855. The molecule has 0 aliphatic carbocycles. The van der Waals surface area contributed by atoms with Gasteiger partial charge in [-0.05, 0) is 0 Å². The van der Waals surface area contributed by atoms with Crippen molar-refractivity contribution in [3.8, 4) is 6.07 Å². The SMILES string of the molecule is N#CCc1nc2occc2o1. The summed E-state index contributed by atoms with van der Waals surface area (Å²) in [5.41, 5.74) is 1.05. The molecule has 0 atom stereocenters. The van der Waals surface area contributed by atoms with Crippen LogP contribution in [0.25, 0.3) is 11.3 Å². The van der Waals surface area contributed by atoms with Gasteiger partial charge in [-0.15, -0.1) is 0 Å². The van der Waals surface area contributed by atoms with E-state index in [0.717, 1.165) is 0 Å². The lowest BCUT2D eigenvalue weighted by molar-refractivity contribution is 0.547. The van der Waals surface area contributed by atoms with Gasteiger partial charge in [-0.2, -0.15) is 10.2 Å². The second-order valence-corrected chi connectivity index (χ2v) is 2.03. The van der Waals surface area contributed by atoms with Crippen molar-refractivity contribution in [2.24, 2.45) is 0 Å². The fourth-order valence-corrected chi connectivity index (χ4v) is 0.855. The van der Waals surface area contributed by atoms with Gasteiger partial charge in [0.1, 0.15) is 6.42 Å². The zero-order chi connectivity index (χ0) is 7.68. The van der Waals surface area contributed by atoms with Crippen LogP contribution in [0.1, 0.15) is 5.89 Å². The monoisotopic (exact) mass is 148 g/mol. The highest BCUT2D eigenvalue weighted by Crippen LogP contribution is 2.15. The first kappa shape index (κ1) is 5.98. The van der Waals surface area contributed by atoms with Gasteiger partial charge in [0.05, 0.1) is 12.3 Å². The average molecular weight is 148 g/mol. The maximum atomic E-state index is 8.30. The number of rotatable bonds is 1. The summed E-state index contributed by atoms with van der Waals surface area (Å²) in [6.45, 7) is 0. The molecule has 0 saturated heterocycles. The maximum Gasteiger partial charge on any atom is 0.265 e. The van der Waals surface area contributed by atoms with E-state index in [2.05, 4.69) is 4.98 Å². The summed E-state index contributed by atoms with van der Waals surface area (Å²) >= 11 is 0. The molecule has 0 aromatic carbocycles. The second-order valence-electron chi connectivity index (χ2n) is 2.03. The number of nitriles is 1. The Morgan fingerprint density at radius 1 is 1.64 bits per heavy atom. The van der Waals surface area contributed by atoms with Crippen molar-refractivity contribution in [2.75, 3.05) is 0 Å². The maximum absolute atomic E-state index is 8.30. The zero-order valence-electron chi connectivity index (χ0n) is 5.57. The van der Waals surface area contributed by atoms with Gasteiger partial charge in [0.15, 0.2) is 5.58 Å². The molecule has 2 aromatic rings. The van der Waals surface area contributed by atoms with E-state index in [1.807, 2.05) is 6.07 Å². The number of hydrogen-bond acceptors (Lipinski definition) is 4. The Hall–Kier alpha value is -1.76. The van der Waals surface area contributed by atoms with Crippen molar-refractivity contribution in [2.45, 2.75) is 6.42 Å². The molecule has 2 aromatic heterocycles. The molecule has 0 N–H and O–H groups in total. The average Bonchev–Trinajstić information content (AvgIpc) is 2.46. The number of oxazole rings is 1. The van der Waals surface area contributed by atoms with Crippen LogP contribution in [-0.2, 0) is 6.42 Å². The normalized spacial score (nSPS) is 10.1. The highest BCUT2D eigenvalue weighted by Gasteiger charge is 2.06. The zero-order valence-corrected chi connectivity index (χ0v) is 5.57. The lowest BCUT2D eigenvalue weighted by Gasteiger charge is -1.77. The van der Waals surface area contributed by atoms with Crippen LogP contribution in [0.2, 0.25) is 0 Å². The van der Waals surface area contributed by atoms with Crippen molar-refractivity contribution in [1.82, 2.24) is 4.98 Å². The summed E-state index contributed by atoms with van der Waals surface area (Å²) in [5, 5.41) is 8.30. The molecule has 0 aliphatic heterocycles. The van der Waals surface area contributed by atoms with E-state index in [-0.39, 0.29) is 6.42 Å². The number of nitrogens with zero attached hydrogens (tertiary/aromatic N) is 2. The molecule has 0 saturated carbocycles. The minimum atomic E-state index is 0.185.